The number of aliphatic carboxylic acids is 1. The molecule has 0 bridgehead atoms. The predicted octanol–water partition coefficient (Wildman–Crippen LogP) is 6.27. The molecule has 3 heteroatoms. The van der Waals surface area contributed by atoms with Crippen molar-refractivity contribution in [3.63, 3.8) is 0 Å². The Kier molecular flexibility index (Phi) is 23.6. The summed E-state index contributed by atoms with van der Waals surface area (Å²) in [6, 6.07) is 0. The van der Waals surface area contributed by atoms with Crippen molar-refractivity contribution in [3.8, 4) is 0 Å². The van der Waals surface area contributed by atoms with Gasteiger partial charge in [-0.05, 0) is 31.8 Å². The number of carbonyl (C=O) groups excluding carboxylic acids is 1. The second-order valence-electron chi connectivity index (χ2n) is 8.86. The Hall–Kier alpha value is -0.830. The number of carboxylic acid groups (broad SMARTS) is 1. The van der Waals surface area contributed by atoms with E-state index in [4.69, 9.17) is 9.90 Å². The van der Waals surface area contributed by atoms with Crippen molar-refractivity contribution >= 4 is 5.97 Å². The number of hydrogen-bond donors (Lipinski definition) is 0. The topological polar surface area (TPSA) is 40.1 Å². The molecule has 0 heterocycles. The van der Waals surface area contributed by atoms with E-state index in [-0.39, 0.29) is 0 Å². The number of quaternary nitrogens is 1. The summed E-state index contributed by atoms with van der Waals surface area (Å²) in [5.41, 5.74) is 0. The van der Waals surface area contributed by atoms with Gasteiger partial charge < -0.3 is 14.4 Å². The van der Waals surface area contributed by atoms with Gasteiger partial charge in [0.15, 0.2) is 0 Å². The minimum absolute atomic E-state index is 0.722. The van der Waals surface area contributed by atoms with Crippen molar-refractivity contribution in [1.29, 1.82) is 0 Å². The smallest absolute Gasteiger partial charge is 0.0782 e. The number of unbranched alkanes of at least 4 members (excludes halogenated alkanes) is 14. The number of hydrogen-bond acceptors (Lipinski definition) is 2. The summed E-state index contributed by atoms with van der Waals surface area (Å²) in [5, 5.41) is 9.14. The van der Waals surface area contributed by atoms with Crippen molar-refractivity contribution in [2.45, 2.75) is 117 Å². The molecule has 0 aliphatic carbocycles. The van der Waals surface area contributed by atoms with Gasteiger partial charge in [-0.15, -0.1) is 0 Å². The van der Waals surface area contributed by atoms with Crippen LogP contribution in [0.25, 0.3) is 0 Å². The Bertz CT molecular complexity index is 317. The molecule has 0 atom stereocenters. The quantitative estimate of drug-likeness (QED) is 0.146. The van der Waals surface area contributed by atoms with Gasteiger partial charge in [-0.25, -0.2) is 0 Å². The third kappa shape index (κ3) is 27.4. The minimum Gasteiger partial charge on any atom is -0.545 e. The third-order valence-electron chi connectivity index (χ3n) is 5.40. The van der Waals surface area contributed by atoms with Gasteiger partial charge in [-0.2, -0.15) is 0 Å². The molecule has 0 saturated heterocycles. The minimum atomic E-state index is -1.23. The third-order valence-corrected chi connectivity index (χ3v) is 5.40. The Morgan fingerprint density at radius 3 is 1.18 bits per heavy atom. The van der Waals surface area contributed by atoms with E-state index in [1.54, 1.807) is 0 Å². The molecular weight excluding hydrogens is 346 g/mol. The maximum atomic E-state index is 9.14. The van der Waals surface area contributed by atoms with Crippen molar-refractivity contribution in [2.75, 3.05) is 27.2 Å². The Labute approximate surface area is 177 Å². The maximum Gasteiger partial charge on any atom is 0.0782 e. The van der Waals surface area contributed by atoms with Crippen LogP contribution in [0.15, 0.2) is 12.7 Å². The molecule has 0 rings (SSSR count). The van der Waals surface area contributed by atoms with E-state index in [1.165, 1.54) is 120 Å². The second kappa shape index (κ2) is 22.5. The zero-order valence-electron chi connectivity index (χ0n) is 19.8. The molecule has 0 aliphatic heterocycles. The largest absolute Gasteiger partial charge is 0.545 e. The summed E-state index contributed by atoms with van der Waals surface area (Å²) < 4.78 is 1.24. The number of carboxylic acids is 1. The lowest BCUT2D eigenvalue weighted by molar-refractivity contribution is -0.890. The molecule has 0 N–H and O–H groups in total. The number of rotatable bonds is 19. The summed E-state index contributed by atoms with van der Waals surface area (Å²) in [7, 11) is 4.87. The molecule has 0 fully saturated rings. The normalized spacial score (nSPS) is 11.0. The van der Waals surface area contributed by atoms with Gasteiger partial charge in [0.1, 0.15) is 0 Å². The molecule has 28 heavy (non-hydrogen) atoms. The van der Waals surface area contributed by atoms with Gasteiger partial charge >= 0.3 is 0 Å². The molecule has 0 radical (unpaired) electrons. The number of nitrogens with zero attached hydrogens (tertiary/aromatic N) is 1. The lowest BCUT2D eigenvalue weighted by Gasteiger charge is -2.30. The van der Waals surface area contributed by atoms with Crippen LogP contribution in [0.1, 0.15) is 117 Å². The summed E-state index contributed by atoms with van der Waals surface area (Å²) in [5.74, 6) is -1.23. The van der Waals surface area contributed by atoms with Crippen molar-refractivity contribution < 1.29 is 14.4 Å². The molecule has 0 aromatic carbocycles. The summed E-state index contributed by atoms with van der Waals surface area (Å²) in [6.45, 7) is 10.3. The van der Waals surface area contributed by atoms with E-state index >= 15 is 0 Å². The fourth-order valence-electron chi connectivity index (χ4n) is 3.46. The zero-order chi connectivity index (χ0) is 21.5. The standard InChI is InChI=1S/C22H48N.C3H4O2/c1-5-7-9-11-13-15-17-19-21-23(3,4)22-20-18-16-14-12-10-8-6-2;1-2-3(4)5/h5-22H2,1-4H3;2H,1H2,(H,4,5)/q+1;/p-1. The highest BCUT2D eigenvalue weighted by atomic mass is 16.4. The van der Waals surface area contributed by atoms with Crippen LogP contribution in [0, 0.1) is 0 Å². The van der Waals surface area contributed by atoms with Crippen LogP contribution in [0.2, 0.25) is 0 Å². The molecule has 3 nitrogen and oxygen atoms in total. The first-order valence-electron chi connectivity index (χ1n) is 12.0. The summed E-state index contributed by atoms with van der Waals surface area (Å²) in [4.78, 5) is 9.14. The van der Waals surface area contributed by atoms with Gasteiger partial charge in [0, 0.05) is 0 Å². The average molecular weight is 398 g/mol. The zero-order valence-corrected chi connectivity index (χ0v) is 19.8. The van der Waals surface area contributed by atoms with Gasteiger partial charge in [0.2, 0.25) is 0 Å². The lowest BCUT2D eigenvalue weighted by atomic mass is 10.1. The molecular formula is C25H51NO2. The Morgan fingerprint density at radius 1 is 0.679 bits per heavy atom. The molecule has 0 aliphatic rings. The van der Waals surface area contributed by atoms with Gasteiger partial charge in [0.25, 0.3) is 0 Å². The fourth-order valence-corrected chi connectivity index (χ4v) is 3.46. The van der Waals surface area contributed by atoms with Crippen LogP contribution in [-0.2, 0) is 4.79 Å². The van der Waals surface area contributed by atoms with Crippen LogP contribution >= 0.6 is 0 Å². The van der Waals surface area contributed by atoms with Crippen molar-refractivity contribution in [3.05, 3.63) is 12.7 Å². The molecule has 0 saturated carbocycles. The highest BCUT2D eigenvalue weighted by Gasteiger charge is 2.13. The van der Waals surface area contributed by atoms with Gasteiger partial charge in [0.05, 0.1) is 33.2 Å². The Morgan fingerprint density at radius 2 is 0.929 bits per heavy atom. The van der Waals surface area contributed by atoms with Gasteiger partial charge in [-0.1, -0.05) is 97.5 Å². The second-order valence-corrected chi connectivity index (χ2v) is 8.86. The maximum absolute atomic E-state index is 9.14. The van der Waals surface area contributed by atoms with Crippen LogP contribution in [-0.4, -0.2) is 37.6 Å². The van der Waals surface area contributed by atoms with E-state index in [9.17, 15) is 0 Å². The van der Waals surface area contributed by atoms with Crippen LogP contribution in [0.4, 0.5) is 0 Å². The van der Waals surface area contributed by atoms with Crippen LogP contribution in [0.5, 0.6) is 0 Å². The van der Waals surface area contributed by atoms with E-state index in [2.05, 4.69) is 34.5 Å². The van der Waals surface area contributed by atoms with Crippen molar-refractivity contribution in [1.82, 2.24) is 0 Å². The molecule has 0 spiro atoms. The molecule has 168 valence electrons. The number of carbonyl (C=O) groups is 1. The Balaban J connectivity index is 0. The lowest BCUT2D eigenvalue weighted by Crippen LogP contribution is -2.41. The van der Waals surface area contributed by atoms with Crippen molar-refractivity contribution in [2.24, 2.45) is 0 Å². The molecule has 0 amide bonds. The van der Waals surface area contributed by atoms with E-state index in [1.807, 2.05) is 0 Å². The fraction of sp³-hybridized carbons (Fsp3) is 0.880. The first-order chi connectivity index (χ1) is 13.4. The molecule has 0 unspecified atom stereocenters. The monoisotopic (exact) mass is 397 g/mol. The SMILES string of the molecule is C=CC(=O)[O-].CCCCCCCCCC[N+](C)(C)CCCCCCCCCC. The van der Waals surface area contributed by atoms with E-state index in [0.717, 1.165) is 6.08 Å². The van der Waals surface area contributed by atoms with E-state index < -0.39 is 5.97 Å². The highest BCUT2D eigenvalue weighted by molar-refractivity contribution is 5.76. The predicted molar refractivity (Wildman–Crippen MR) is 122 cm³/mol. The van der Waals surface area contributed by atoms with Gasteiger partial charge in [-0.3, -0.25) is 0 Å². The average Bonchev–Trinajstić information content (AvgIpc) is 2.66. The summed E-state index contributed by atoms with van der Waals surface area (Å²) >= 11 is 0. The van der Waals surface area contributed by atoms with Crippen LogP contribution < -0.4 is 5.11 Å². The highest BCUT2D eigenvalue weighted by Crippen LogP contribution is 2.13. The summed E-state index contributed by atoms with van der Waals surface area (Å²) in [6.07, 6.45) is 23.8. The first kappa shape index (κ1) is 29.4. The molecule has 0 aromatic heterocycles. The first-order valence-corrected chi connectivity index (χ1v) is 12.0. The van der Waals surface area contributed by atoms with E-state index in [0.29, 0.717) is 0 Å². The van der Waals surface area contributed by atoms with Crippen LogP contribution in [0.3, 0.4) is 0 Å². The molecule has 0 aromatic rings.